The minimum Gasteiger partial charge on any atom is -0.444 e. The molecule has 0 N–H and O–H groups in total. The minimum absolute atomic E-state index is 0.0459. The molecule has 1 amide bonds. The molecule has 0 bridgehead atoms. The van der Waals surface area contributed by atoms with Crippen LogP contribution < -0.4 is 0 Å². The fourth-order valence-electron chi connectivity index (χ4n) is 2.40. The Morgan fingerprint density at radius 2 is 1.77 bits per heavy atom. The minimum atomic E-state index is -0.542. The molecule has 0 spiro atoms. The Morgan fingerprint density at radius 3 is 2.32 bits per heavy atom. The van der Waals surface area contributed by atoms with Gasteiger partial charge >= 0.3 is 6.09 Å². The van der Waals surface area contributed by atoms with Gasteiger partial charge in [-0.3, -0.25) is 4.79 Å². The van der Waals surface area contributed by atoms with Crippen LogP contribution in [0.1, 0.15) is 37.6 Å². The molecule has 1 aliphatic heterocycles. The van der Waals surface area contributed by atoms with Crippen molar-refractivity contribution in [2.45, 2.75) is 32.8 Å². The van der Waals surface area contributed by atoms with Crippen molar-refractivity contribution in [2.75, 3.05) is 13.1 Å². The summed E-state index contributed by atoms with van der Waals surface area (Å²) >= 11 is 11.9. The maximum Gasteiger partial charge on any atom is 0.410 e. The third-order valence-electron chi connectivity index (χ3n) is 3.36. The molecule has 1 unspecified atom stereocenters. The lowest BCUT2D eigenvalue weighted by Crippen LogP contribution is -2.35. The van der Waals surface area contributed by atoms with E-state index < -0.39 is 5.60 Å². The monoisotopic (exact) mass is 343 g/mol. The van der Waals surface area contributed by atoms with Crippen molar-refractivity contribution in [1.82, 2.24) is 4.90 Å². The summed E-state index contributed by atoms with van der Waals surface area (Å²) in [4.78, 5) is 26.1. The van der Waals surface area contributed by atoms with Crippen LogP contribution in [0.5, 0.6) is 0 Å². The van der Waals surface area contributed by atoms with Crippen molar-refractivity contribution >= 4 is 35.1 Å². The zero-order valence-corrected chi connectivity index (χ0v) is 14.4. The van der Waals surface area contributed by atoms with Gasteiger partial charge in [0.05, 0.1) is 0 Å². The number of hydrogen-bond acceptors (Lipinski definition) is 3. The van der Waals surface area contributed by atoms with E-state index in [1.807, 2.05) is 20.8 Å². The number of Topliss-reactive ketones (excluding diaryl/α,β-unsaturated/α-hetero) is 1. The van der Waals surface area contributed by atoms with Crippen LogP contribution >= 0.6 is 23.2 Å². The summed E-state index contributed by atoms with van der Waals surface area (Å²) in [7, 11) is 0. The van der Waals surface area contributed by atoms with Gasteiger partial charge in [-0.15, -0.1) is 0 Å². The van der Waals surface area contributed by atoms with E-state index in [0.29, 0.717) is 35.1 Å². The first-order chi connectivity index (χ1) is 10.2. The van der Waals surface area contributed by atoms with E-state index in [1.54, 1.807) is 23.1 Å². The van der Waals surface area contributed by atoms with Crippen LogP contribution in [-0.2, 0) is 4.74 Å². The van der Waals surface area contributed by atoms with Crippen molar-refractivity contribution in [3.63, 3.8) is 0 Å². The van der Waals surface area contributed by atoms with E-state index in [0.717, 1.165) is 0 Å². The fourth-order valence-corrected chi connectivity index (χ4v) is 2.92. The summed E-state index contributed by atoms with van der Waals surface area (Å²) < 4.78 is 5.33. The standard InChI is InChI=1S/C16H19Cl2NO3/c1-16(2,3)22-15(21)19-5-4-10(9-19)14(20)11-6-12(17)8-13(18)7-11/h6-8,10H,4-5,9H2,1-3H3. The highest BCUT2D eigenvalue weighted by atomic mass is 35.5. The Hall–Kier alpha value is -1.26. The first-order valence-electron chi connectivity index (χ1n) is 7.14. The maximum atomic E-state index is 12.5. The number of ether oxygens (including phenoxy) is 1. The molecule has 120 valence electrons. The second-order valence-electron chi connectivity index (χ2n) is 6.43. The van der Waals surface area contributed by atoms with Crippen molar-refractivity contribution in [3.05, 3.63) is 33.8 Å². The van der Waals surface area contributed by atoms with Gasteiger partial charge in [-0.2, -0.15) is 0 Å². The highest BCUT2D eigenvalue weighted by molar-refractivity contribution is 6.35. The summed E-state index contributed by atoms with van der Waals surface area (Å²) in [5.41, 5.74) is -0.0619. The molecule has 0 aromatic heterocycles. The van der Waals surface area contributed by atoms with Crippen LogP contribution in [-0.4, -0.2) is 35.5 Å². The molecule has 0 aliphatic carbocycles. The van der Waals surface area contributed by atoms with Crippen molar-refractivity contribution < 1.29 is 14.3 Å². The number of rotatable bonds is 2. The molecule has 1 heterocycles. The molecule has 1 aromatic rings. The number of carbonyl (C=O) groups excluding carboxylic acids is 2. The van der Waals surface area contributed by atoms with Gasteiger partial charge in [0, 0.05) is 34.6 Å². The average molecular weight is 344 g/mol. The second-order valence-corrected chi connectivity index (χ2v) is 7.31. The molecular weight excluding hydrogens is 325 g/mol. The Bertz CT molecular complexity index is 575. The van der Waals surface area contributed by atoms with Crippen LogP contribution in [0, 0.1) is 5.92 Å². The quantitative estimate of drug-likeness (QED) is 0.746. The third-order valence-corrected chi connectivity index (χ3v) is 3.79. The highest BCUT2D eigenvalue weighted by Crippen LogP contribution is 2.26. The summed E-state index contributed by atoms with van der Waals surface area (Å²) in [6.45, 7) is 6.32. The molecule has 2 rings (SSSR count). The number of nitrogens with zero attached hydrogens (tertiary/aromatic N) is 1. The van der Waals surface area contributed by atoms with Crippen molar-refractivity contribution in [2.24, 2.45) is 5.92 Å². The van der Waals surface area contributed by atoms with Crippen LogP contribution in [0.15, 0.2) is 18.2 Å². The van der Waals surface area contributed by atoms with E-state index in [-0.39, 0.29) is 17.8 Å². The third kappa shape index (κ3) is 4.37. The molecule has 1 aromatic carbocycles. The lowest BCUT2D eigenvalue weighted by atomic mass is 9.97. The van der Waals surface area contributed by atoms with E-state index in [2.05, 4.69) is 0 Å². The van der Waals surface area contributed by atoms with Crippen molar-refractivity contribution in [3.8, 4) is 0 Å². The number of carbonyl (C=O) groups is 2. The Kier molecular flexibility index (Phi) is 5.03. The lowest BCUT2D eigenvalue weighted by molar-refractivity contribution is 0.0289. The van der Waals surface area contributed by atoms with Gasteiger partial charge in [0.15, 0.2) is 5.78 Å². The van der Waals surface area contributed by atoms with E-state index >= 15 is 0 Å². The number of halogens is 2. The molecule has 4 nitrogen and oxygen atoms in total. The Morgan fingerprint density at radius 1 is 1.18 bits per heavy atom. The van der Waals surface area contributed by atoms with E-state index in [4.69, 9.17) is 27.9 Å². The summed E-state index contributed by atoms with van der Waals surface area (Å²) in [6, 6.07) is 4.79. The first-order valence-corrected chi connectivity index (χ1v) is 7.89. The average Bonchev–Trinajstić information content (AvgIpc) is 2.84. The van der Waals surface area contributed by atoms with Crippen LogP contribution in [0.25, 0.3) is 0 Å². The van der Waals surface area contributed by atoms with Crippen LogP contribution in [0.3, 0.4) is 0 Å². The fraction of sp³-hybridized carbons (Fsp3) is 0.500. The molecule has 0 saturated carbocycles. The summed E-state index contributed by atoms with van der Waals surface area (Å²) in [5.74, 6) is -0.294. The molecular formula is C16H19Cl2NO3. The maximum absolute atomic E-state index is 12.5. The number of benzene rings is 1. The van der Waals surface area contributed by atoms with Crippen molar-refractivity contribution in [1.29, 1.82) is 0 Å². The normalized spacial score (nSPS) is 18.4. The largest absolute Gasteiger partial charge is 0.444 e. The highest BCUT2D eigenvalue weighted by Gasteiger charge is 2.33. The Balaban J connectivity index is 2.03. The molecule has 1 saturated heterocycles. The van der Waals surface area contributed by atoms with E-state index in [9.17, 15) is 9.59 Å². The van der Waals surface area contributed by atoms with Gasteiger partial charge in [-0.25, -0.2) is 4.79 Å². The SMILES string of the molecule is CC(C)(C)OC(=O)N1CCC(C(=O)c2cc(Cl)cc(Cl)c2)C1. The summed E-state index contributed by atoms with van der Waals surface area (Å²) in [5, 5.41) is 0.857. The summed E-state index contributed by atoms with van der Waals surface area (Å²) in [6.07, 6.45) is 0.231. The lowest BCUT2D eigenvalue weighted by Gasteiger charge is -2.24. The molecule has 0 radical (unpaired) electrons. The topological polar surface area (TPSA) is 46.6 Å². The molecule has 22 heavy (non-hydrogen) atoms. The van der Waals surface area contributed by atoms with Crippen LogP contribution in [0.2, 0.25) is 10.0 Å². The van der Waals surface area contributed by atoms with Gasteiger partial charge < -0.3 is 9.64 Å². The number of amides is 1. The zero-order valence-electron chi connectivity index (χ0n) is 12.9. The molecule has 1 aliphatic rings. The van der Waals surface area contributed by atoms with Gasteiger partial charge in [-0.05, 0) is 45.4 Å². The molecule has 1 atom stereocenters. The zero-order chi connectivity index (χ0) is 16.5. The second kappa shape index (κ2) is 6.47. The molecule has 1 fully saturated rings. The van der Waals surface area contributed by atoms with Gasteiger partial charge in [0.25, 0.3) is 0 Å². The first kappa shape index (κ1) is 17.1. The van der Waals surface area contributed by atoms with Crippen LogP contribution in [0.4, 0.5) is 4.79 Å². The number of likely N-dealkylation sites (tertiary alicyclic amines) is 1. The number of ketones is 1. The number of hydrogen-bond donors (Lipinski definition) is 0. The van der Waals surface area contributed by atoms with Gasteiger partial charge in [0.1, 0.15) is 5.60 Å². The van der Waals surface area contributed by atoms with E-state index in [1.165, 1.54) is 0 Å². The molecule has 6 heteroatoms. The smallest absolute Gasteiger partial charge is 0.410 e. The predicted octanol–water partition coefficient (Wildman–Crippen LogP) is 4.43. The van der Waals surface area contributed by atoms with Gasteiger partial charge in [-0.1, -0.05) is 23.2 Å². The Labute approximate surface area is 140 Å². The predicted molar refractivity (Wildman–Crippen MR) is 86.7 cm³/mol. The van der Waals surface area contributed by atoms with Gasteiger partial charge in [0.2, 0.25) is 0 Å².